The Bertz CT molecular complexity index is 1250. The van der Waals surface area contributed by atoms with E-state index in [9.17, 15) is 14.4 Å². The molecule has 3 rings (SSSR count). The molecule has 2 aromatic carbocycles. The second kappa shape index (κ2) is 15.1. The molecule has 0 aromatic heterocycles. The minimum absolute atomic E-state index is 0.0340. The highest BCUT2D eigenvalue weighted by molar-refractivity contribution is 5.83. The number of esters is 2. The average Bonchev–Trinajstić information content (AvgIpc) is 2.87. The van der Waals surface area contributed by atoms with E-state index in [0.29, 0.717) is 6.61 Å². The van der Waals surface area contributed by atoms with Gasteiger partial charge in [0.25, 0.3) is 0 Å². The van der Waals surface area contributed by atoms with Crippen LogP contribution in [-0.2, 0) is 41.6 Å². The lowest BCUT2D eigenvalue weighted by atomic mass is 9.91. The van der Waals surface area contributed by atoms with Gasteiger partial charge < -0.3 is 29.0 Å². The van der Waals surface area contributed by atoms with Crippen molar-refractivity contribution in [1.82, 2.24) is 5.32 Å². The molecule has 0 aliphatic heterocycles. The molecule has 2 atom stereocenters. The lowest BCUT2D eigenvalue weighted by molar-refractivity contribution is -0.162. The van der Waals surface area contributed by atoms with Crippen molar-refractivity contribution in [2.75, 3.05) is 0 Å². The summed E-state index contributed by atoms with van der Waals surface area (Å²) < 4.78 is 28.8. The van der Waals surface area contributed by atoms with Gasteiger partial charge in [-0.25, -0.2) is 9.59 Å². The van der Waals surface area contributed by atoms with Crippen LogP contribution in [0.25, 0.3) is 0 Å². The van der Waals surface area contributed by atoms with Crippen LogP contribution in [-0.4, -0.2) is 53.1 Å². The summed E-state index contributed by atoms with van der Waals surface area (Å²) >= 11 is 0. The molecule has 1 aliphatic carbocycles. The molecule has 1 N–H and O–H groups in total. The Morgan fingerprint density at radius 3 is 1.82 bits per heavy atom. The van der Waals surface area contributed by atoms with E-state index >= 15 is 0 Å². The molecule has 0 saturated heterocycles. The fourth-order valence-electron chi connectivity index (χ4n) is 4.69. The standard InChI is InChI=1S/C36H51NO8/c1-34(2,3)43-31(38)26(20-30(32(39)44-35(4,5)6)37-33(40)45-36(7,8)9)19-24-15-17-27(18-16-24)42-29-21-28(22-29)41-23-25-13-11-10-12-14-25/h10-18,26,28-30H,19-23H2,1-9H3,(H,37,40)/t26-,28-,29-,30-/m0/s1. The van der Waals surface area contributed by atoms with E-state index in [2.05, 4.69) is 17.4 Å². The predicted molar refractivity (Wildman–Crippen MR) is 172 cm³/mol. The number of carbonyl (C=O) groups excluding carboxylic acids is 3. The molecule has 248 valence electrons. The van der Waals surface area contributed by atoms with Gasteiger partial charge in [-0.1, -0.05) is 42.5 Å². The second-order valence-electron chi connectivity index (χ2n) is 14.7. The van der Waals surface area contributed by atoms with Gasteiger partial charge in [0, 0.05) is 12.8 Å². The van der Waals surface area contributed by atoms with E-state index < -0.39 is 46.8 Å². The van der Waals surface area contributed by atoms with Gasteiger partial charge in [-0.15, -0.1) is 0 Å². The Hall–Kier alpha value is -3.59. The third kappa shape index (κ3) is 13.5. The van der Waals surface area contributed by atoms with Gasteiger partial charge in [-0.2, -0.15) is 0 Å². The number of amides is 1. The highest BCUT2D eigenvalue weighted by atomic mass is 16.6. The normalized spacial score (nSPS) is 18.2. The maximum atomic E-state index is 13.4. The van der Waals surface area contributed by atoms with Crippen molar-refractivity contribution in [3.63, 3.8) is 0 Å². The second-order valence-corrected chi connectivity index (χ2v) is 14.7. The van der Waals surface area contributed by atoms with Crippen molar-refractivity contribution in [2.45, 2.75) is 130 Å². The number of carbonyl (C=O) groups is 3. The molecular weight excluding hydrogens is 574 g/mol. The minimum Gasteiger partial charge on any atom is -0.490 e. The van der Waals surface area contributed by atoms with Gasteiger partial charge in [0.15, 0.2) is 0 Å². The largest absolute Gasteiger partial charge is 0.490 e. The summed E-state index contributed by atoms with van der Waals surface area (Å²) in [5.74, 6) is -1.15. The maximum Gasteiger partial charge on any atom is 0.408 e. The maximum absolute atomic E-state index is 13.4. The van der Waals surface area contributed by atoms with Crippen molar-refractivity contribution in [3.05, 3.63) is 65.7 Å². The van der Waals surface area contributed by atoms with Crippen molar-refractivity contribution in [2.24, 2.45) is 5.92 Å². The molecule has 0 unspecified atom stereocenters. The first-order valence-corrected chi connectivity index (χ1v) is 15.7. The van der Waals surface area contributed by atoms with Crippen molar-refractivity contribution >= 4 is 18.0 Å². The van der Waals surface area contributed by atoms with Crippen LogP contribution in [0.2, 0.25) is 0 Å². The van der Waals surface area contributed by atoms with E-state index in [1.807, 2.05) is 42.5 Å². The lowest BCUT2D eigenvalue weighted by Crippen LogP contribution is -2.48. The van der Waals surface area contributed by atoms with Gasteiger partial charge >= 0.3 is 18.0 Å². The van der Waals surface area contributed by atoms with E-state index in [1.165, 1.54) is 0 Å². The average molecular weight is 626 g/mol. The van der Waals surface area contributed by atoms with E-state index in [-0.39, 0.29) is 25.0 Å². The first-order chi connectivity index (χ1) is 20.8. The van der Waals surface area contributed by atoms with Crippen molar-refractivity contribution < 1.29 is 38.1 Å². The van der Waals surface area contributed by atoms with Crippen molar-refractivity contribution in [3.8, 4) is 5.75 Å². The Balaban J connectivity index is 1.66. The number of alkyl carbamates (subject to hydrolysis) is 1. The predicted octanol–water partition coefficient (Wildman–Crippen LogP) is 6.94. The minimum atomic E-state index is -1.13. The first kappa shape index (κ1) is 35.9. The number of rotatable bonds is 12. The molecule has 45 heavy (non-hydrogen) atoms. The highest BCUT2D eigenvalue weighted by Gasteiger charge is 2.35. The topological polar surface area (TPSA) is 109 Å². The van der Waals surface area contributed by atoms with Crippen LogP contribution in [0, 0.1) is 5.92 Å². The fraction of sp³-hybridized carbons (Fsp3) is 0.583. The molecule has 1 saturated carbocycles. The Morgan fingerprint density at radius 2 is 1.27 bits per heavy atom. The number of hydrogen-bond acceptors (Lipinski definition) is 8. The molecule has 9 nitrogen and oxygen atoms in total. The summed E-state index contributed by atoms with van der Waals surface area (Å²) in [6.07, 6.45) is 1.39. The highest BCUT2D eigenvalue weighted by Crippen LogP contribution is 2.30. The van der Waals surface area contributed by atoms with Gasteiger partial charge in [-0.05, 0) is 98.4 Å². The van der Waals surface area contributed by atoms with E-state index in [0.717, 1.165) is 29.7 Å². The number of ether oxygens (including phenoxy) is 5. The monoisotopic (exact) mass is 625 g/mol. The van der Waals surface area contributed by atoms with Gasteiger partial charge in [-0.3, -0.25) is 4.79 Å². The molecule has 9 heteroatoms. The van der Waals surface area contributed by atoms with Crippen LogP contribution in [0.4, 0.5) is 4.79 Å². The Morgan fingerprint density at radius 1 is 0.711 bits per heavy atom. The Kier molecular flexibility index (Phi) is 12.1. The molecule has 1 amide bonds. The quantitative estimate of drug-likeness (QED) is 0.200. The number of nitrogens with one attached hydrogen (secondary N) is 1. The van der Waals surface area contributed by atoms with Crippen LogP contribution in [0.1, 0.15) is 92.7 Å². The van der Waals surface area contributed by atoms with E-state index in [1.54, 1.807) is 62.3 Å². The van der Waals surface area contributed by atoms with Crippen LogP contribution in [0.3, 0.4) is 0 Å². The summed E-state index contributed by atoms with van der Waals surface area (Å²) in [4.78, 5) is 39.3. The smallest absolute Gasteiger partial charge is 0.408 e. The summed E-state index contributed by atoms with van der Waals surface area (Å²) in [6, 6.07) is 16.5. The molecule has 1 aliphatic rings. The van der Waals surface area contributed by atoms with Gasteiger partial charge in [0.2, 0.25) is 0 Å². The number of hydrogen-bond donors (Lipinski definition) is 1. The molecule has 1 fully saturated rings. The van der Waals surface area contributed by atoms with Crippen LogP contribution < -0.4 is 10.1 Å². The third-order valence-electron chi connectivity index (χ3n) is 6.73. The first-order valence-electron chi connectivity index (χ1n) is 15.7. The zero-order valence-electron chi connectivity index (χ0n) is 28.3. The van der Waals surface area contributed by atoms with Crippen LogP contribution in [0.15, 0.2) is 54.6 Å². The molecule has 2 aromatic rings. The summed E-state index contributed by atoms with van der Waals surface area (Å²) in [5.41, 5.74) is -0.293. The molecule has 0 spiro atoms. The summed E-state index contributed by atoms with van der Waals surface area (Å²) in [5, 5.41) is 2.62. The van der Waals surface area contributed by atoms with Crippen molar-refractivity contribution in [1.29, 1.82) is 0 Å². The third-order valence-corrected chi connectivity index (χ3v) is 6.73. The van der Waals surface area contributed by atoms with Gasteiger partial charge in [0.1, 0.15) is 34.7 Å². The molecule has 0 bridgehead atoms. The zero-order valence-corrected chi connectivity index (χ0v) is 28.3. The van der Waals surface area contributed by atoms with E-state index in [4.69, 9.17) is 23.7 Å². The summed E-state index contributed by atoms with van der Waals surface area (Å²) in [6.45, 7) is 16.4. The molecule has 0 radical (unpaired) electrons. The SMILES string of the molecule is CC(C)(C)OC(=O)N[C@@H](C[C@H](Cc1ccc(O[C@H]2C[C@H](OCc3ccccc3)C2)cc1)C(=O)OC(C)(C)C)C(=O)OC(C)(C)C. The zero-order chi connectivity index (χ0) is 33.4. The molecule has 0 heterocycles. The van der Waals surface area contributed by atoms with Crippen LogP contribution in [0.5, 0.6) is 5.75 Å². The summed E-state index contributed by atoms with van der Waals surface area (Å²) in [7, 11) is 0. The Labute approximate surface area is 268 Å². The lowest BCUT2D eigenvalue weighted by Gasteiger charge is -2.35. The van der Waals surface area contributed by atoms with Gasteiger partial charge in [0.05, 0.1) is 18.6 Å². The molecular formula is C36H51NO8. The fourth-order valence-corrected chi connectivity index (χ4v) is 4.69. The van der Waals surface area contributed by atoms with Crippen LogP contribution >= 0.6 is 0 Å². The number of benzene rings is 2.